The lowest BCUT2D eigenvalue weighted by atomic mass is 9.92. The minimum atomic E-state index is -0.342. The van der Waals surface area contributed by atoms with E-state index in [4.69, 9.17) is 19.4 Å². The van der Waals surface area contributed by atoms with Crippen LogP contribution >= 0.6 is 15.9 Å². The van der Waals surface area contributed by atoms with Gasteiger partial charge >= 0.3 is 5.97 Å². The van der Waals surface area contributed by atoms with Gasteiger partial charge in [0.2, 0.25) is 0 Å². The van der Waals surface area contributed by atoms with E-state index < -0.39 is 0 Å². The van der Waals surface area contributed by atoms with E-state index in [0.717, 1.165) is 68.7 Å². The molecule has 3 heterocycles. The van der Waals surface area contributed by atoms with Crippen LogP contribution in [0.25, 0.3) is 22.3 Å². The first-order valence-electron chi connectivity index (χ1n) is 14.4. The number of halogens is 1. The largest absolute Gasteiger partial charge is 0.459 e. The number of rotatable bonds is 12. The van der Waals surface area contributed by atoms with Gasteiger partial charge in [0, 0.05) is 30.0 Å². The van der Waals surface area contributed by atoms with Crippen LogP contribution in [0.2, 0.25) is 0 Å². The number of carbonyl (C=O) groups is 1. The second-order valence-corrected chi connectivity index (χ2v) is 11.1. The molecular weight excluding hydrogens is 596 g/mol. The van der Waals surface area contributed by atoms with Gasteiger partial charge in [-0.2, -0.15) is 5.11 Å². The summed E-state index contributed by atoms with van der Waals surface area (Å²) >= 11 is 3.57. The molecule has 218 valence electrons. The topological polar surface area (TPSA) is 103 Å². The number of esters is 1. The number of pyridine rings is 1. The molecule has 2 unspecified atom stereocenters. The van der Waals surface area contributed by atoms with Crippen LogP contribution in [0.1, 0.15) is 63.2 Å². The number of carbonyl (C=O) groups excluding carboxylic acids is 1. The fraction of sp³-hybridized carbons (Fsp3) is 0.375. The van der Waals surface area contributed by atoms with E-state index in [0.29, 0.717) is 18.8 Å². The van der Waals surface area contributed by atoms with Crippen LogP contribution in [0.5, 0.6) is 0 Å². The van der Waals surface area contributed by atoms with Gasteiger partial charge in [-0.15, -0.1) is 5.10 Å². The van der Waals surface area contributed by atoms with Crippen molar-refractivity contribution in [1.29, 1.82) is 0 Å². The van der Waals surface area contributed by atoms with Crippen LogP contribution in [0.3, 0.4) is 0 Å². The number of hydrogen-bond donors (Lipinski definition) is 0. The molecule has 10 heteroatoms. The zero-order chi connectivity index (χ0) is 29.6. The summed E-state index contributed by atoms with van der Waals surface area (Å²) in [6.45, 7) is 8.89. The standard InChI is InChI=1S/C32H35BrN6O3/c1-5-7-12-29-34-27-17-26(33)28(19-42-21(4)40)35-32(27)39(29)18-22-13-15-23(16-14-22)24-10-8-9-11-25(24)31-30(36-38-37-31)20(3)41-6-2/h8-11,13-17,20,30H,5-7,12,18-19H2,1-4H3. The Kier molecular flexibility index (Phi) is 9.54. The maximum atomic E-state index is 11.4. The minimum Gasteiger partial charge on any atom is -0.459 e. The number of aromatic nitrogens is 3. The number of imidazole rings is 1. The molecule has 0 saturated carbocycles. The Morgan fingerprint density at radius 1 is 1.07 bits per heavy atom. The average Bonchev–Trinajstić information content (AvgIpc) is 3.60. The number of unbranched alkanes of at least 4 members (excludes halogenated alkanes) is 1. The van der Waals surface area contributed by atoms with E-state index >= 15 is 0 Å². The van der Waals surface area contributed by atoms with E-state index in [9.17, 15) is 4.79 Å². The lowest BCUT2D eigenvalue weighted by Crippen LogP contribution is -2.31. The van der Waals surface area contributed by atoms with Crippen molar-refractivity contribution in [2.75, 3.05) is 6.61 Å². The summed E-state index contributed by atoms with van der Waals surface area (Å²) < 4.78 is 14.0. The Hall–Kier alpha value is -3.76. The lowest BCUT2D eigenvalue weighted by Gasteiger charge is -2.19. The highest BCUT2D eigenvalue weighted by Gasteiger charge is 2.29. The van der Waals surface area contributed by atoms with Crippen LogP contribution in [0.4, 0.5) is 0 Å². The van der Waals surface area contributed by atoms with Gasteiger partial charge in [-0.25, -0.2) is 9.97 Å². The number of benzene rings is 2. The highest BCUT2D eigenvalue weighted by Crippen LogP contribution is 2.30. The predicted octanol–water partition coefficient (Wildman–Crippen LogP) is 7.28. The van der Waals surface area contributed by atoms with Gasteiger partial charge < -0.3 is 14.0 Å². The summed E-state index contributed by atoms with van der Waals surface area (Å²) in [6.07, 6.45) is 2.84. The summed E-state index contributed by atoms with van der Waals surface area (Å²) in [7, 11) is 0. The molecule has 5 rings (SSSR count). The van der Waals surface area contributed by atoms with Crippen molar-refractivity contribution >= 4 is 38.8 Å². The third-order valence-corrected chi connectivity index (χ3v) is 7.97. The van der Waals surface area contributed by atoms with Crippen LogP contribution in [0.15, 0.2) is 74.5 Å². The van der Waals surface area contributed by atoms with Gasteiger partial charge in [-0.3, -0.25) is 4.79 Å². The van der Waals surface area contributed by atoms with Crippen molar-refractivity contribution < 1.29 is 14.3 Å². The molecule has 0 N–H and O–H groups in total. The van der Waals surface area contributed by atoms with E-state index in [1.165, 1.54) is 6.92 Å². The van der Waals surface area contributed by atoms with E-state index in [-0.39, 0.29) is 24.7 Å². The Morgan fingerprint density at radius 3 is 2.55 bits per heavy atom. The summed E-state index contributed by atoms with van der Waals surface area (Å²) in [4.78, 5) is 21.2. The van der Waals surface area contributed by atoms with Crippen molar-refractivity contribution in [1.82, 2.24) is 14.5 Å². The third-order valence-electron chi connectivity index (χ3n) is 7.28. The first-order chi connectivity index (χ1) is 20.4. The van der Waals surface area contributed by atoms with Gasteiger partial charge in [0.05, 0.1) is 18.3 Å². The molecular formula is C32H35BrN6O3. The van der Waals surface area contributed by atoms with Gasteiger partial charge in [0.25, 0.3) is 0 Å². The first kappa shape index (κ1) is 29.7. The number of ether oxygens (including phenoxy) is 2. The molecule has 0 amide bonds. The molecule has 4 aromatic rings. The van der Waals surface area contributed by atoms with Crippen molar-refractivity contribution in [3.8, 4) is 11.1 Å². The van der Waals surface area contributed by atoms with Crippen LogP contribution < -0.4 is 0 Å². The Morgan fingerprint density at radius 2 is 1.83 bits per heavy atom. The summed E-state index contributed by atoms with van der Waals surface area (Å²) in [5, 5.41) is 12.7. The van der Waals surface area contributed by atoms with Gasteiger partial charge in [-0.1, -0.05) is 61.9 Å². The second kappa shape index (κ2) is 13.5. The van der Waals surface area contributed by atoms with Crippen molar-refractivity contribution in [2.45, 2.75) is 72.3 Å². The zero-order valence-electron chi connectivity index (χ0n) is 24.4. The van der Waals surface area contributed by atoms with Gasteiger partial charge in [-0.05, 0) is 64.2 Å². The van der Waals surface area contributed by atoms with Crippen molar-refractivity contribution in [2.24, 2.45) is 15.4 Å². The highest BCUT2D eigenvalue weighted by atomic mass is 79.9. The third kappa shape index (κ3) is 6.50. The van der Waals surface area contributed by atoms with Gasteiger partial charge in [0.1, 0.15) is 29.7 Å². The smallest absolute Gasteiger partial charge is 0.303 e. The number of nitrogens with zero attached hydrogens (tertiary/aromatic N) is 6. The Labute approximate surface area is 254 Å². The van der Waals surface area contributed by atoms with Crippen LogP contribution in [-0.4, -0.2) is 45.0 Å². The van der Waals surface area contributed by atoms with Crippen molar-refractivity contribution in [3.63, 3.8) is 0 Å². The van der Waals surface area contributed by atoms with Gasteiger partial charge in [0.15, 0.2) is 5.65 Å². The van der Waals surface area contributed by atoms with Crippen molar-refractivity contribution in [3.05, 3.63) is 81.7 Å². The zero-order valence-corrected chi connectivity index (χ0v) is 26.0. The molecule has 1 aliphatic heterocycles. The quantitative estimate of drug-likeness (QED) is 0.153. The fourth-order valence-corrected chi connectivity index (χ4v) is 5.55. The summed E-state index contributed by atoms with van der Waals surface area (Å²) in [6, 6.07) is 18.5. The van der Waals surface area contributed by atoms with E-state index in [2.05, 4.69) is 79.3 Å². The normalized spacial score (nSPS) is 15.3. The maximum absolute atomic E-state index is 11.4. The Bertz CT molecular complexity index is 1630. The highest BCUT2D eigenvalue weighted by molar-refractivity contribution is 9.10. The van der Waals surface area contributed by atoms with E-state index in [1.54, 1.807) is 0 Å². The second-order valence-electron chi connectivity index (χ2n) is 10.3. The number of fused-ring (bicyclic) bond motifs is 1. The molecule has 2 aromatic carbocycles. The molecule has 9 nitrogen and oxygen atoms in total. The molecule has 0 spiro atoms. The maximum Gasteiger partial charge on any atom is 0.303 e. The number of aryl methyl sites for hydroxylation is 1. The SMILES string of the molecule is CCCCc1nc2cc(Br)c(COC(C)=O)nc2n1Cc1ccc(-c2ccccc2C2=NN=NC2C(C)OCC)cc1. The molecule has 2 aromatic heterocycles. The average molecular weight is 632 g/mol. The van der Waals surface area contributed by atoms with Crippen LogP contribution in [-0.2, 0) is 33.8 Å². The Balaban J connectivity index is 1.45. The molecule has 0 radical (unpaired) electrons. The monoisotopic (exact) mass is 630 g/mol. The molecule has 2 atom stereocenters. The summed E-state index contributed by atoms with van der Waals surface area (Å²) in [5.74, 6) is 0.650. The predicted molar refractivity (Wildman–Crippen MR) is 167 cm³/mol. The molecule has 0 saturated heterocycles. The summed E-state index contributed by atoms with van der Waals surface area (Å²) in [5.41, 5.74) is 7.37. The first-order valence-corrected chi connectivity index (χ1v) is 15.1. The number of hydrogen-bond acceptors (Lipinski definition) is 8. The molecule has 0 aliphatic carbocycles. The lowest BCUT2D eigenvalue weighted by molar-refractivity contribution is -0.142. The molecule has 1 aliphatic rings. The minimum absolute atomic E-state index is 0.103. The molecule has 42 heavy (non-hydrogen) atoms. The fourth-order valence-electron chi connectivity index (χ4n) is 5.13. The molecule has 0 bridgehead atoms. The van der Waals surface area contributed by atoms with E-state index in [1.807, 2.05) is 32.0 Å². The molecule has 0 fully saturated rings. The van der Waals surface area contributed by atoms with Crippen LogP contribution in [0, 0.1) is 0 Å².